The molecule has 0 unspecified atom stereocenters. The Morgan fingerprint density at radius 1 is 0.913 bits per heavy atom. The summed E-state index contributed by atoms with van der Waals surface area (Å²) in [6.07, 6.45) is 3.11. The zero-order chi connectivity index (χ0) is 16.1. The van der Waals surface area contributed by atoms with Crippen molar-refractivity contribution < 1.29 is 9.47 Å². The number of ether oxygens (including phenoxy) is 2. The highest BCUT2D eigenvalue weighted by atomic mass is 16.5. The summed E-state index contributed by atoms with van der Waals surface area (Å²) >= 11 is 0. The van der Waals surface area contributed by atoms with E-state index in [0.29, 0.717) is 6.61 Å². The van der Waals surface area contributed by atoms with Crippen LogP contribution in [0.25, 0.3) is 10.9 Å². The van der Waals surface area contributed by atoms with E-state index in [1.54, 1.807) is 0 Å². The molecule has 1 aromatic heterocycles. The fourth-order valence-electron chi connectivity index (χ4n) is 2.69. The first kappa shape index (κ1) is 15.5. The van der Waals surface area contributed by atoms with Crippen molar-refractivity contribution in [2.24, 2.45) is 0 Å². The molecule has 0 saturated carbocycles. The molecule has 3 heteroatoms. The maximum Gasteiger partial charge on any atom is 0.120 e. The quantitative estimate of drug-likeness (QED) is 0.584. The molecule has 0 bridgehead atoms. The van der Waals surface area contributed by atoms with Crippen molar-refractivity contribution in [3.63, 3.8) is 0 Å². The van der Waals surface area contributed by atoms with Crippen molar-refractivity contribution in [1.29, 1.82) is 0 Å². The van der Waals surface area contributed by atoms with Gasteiger partial charge in [0.2, 0.25) is 0 Å². The molecule has 0 radical (unpaired) electrons. The highest BCUT2D eigenvalue weighted by molar-refractivity contribution is 5.81. The molecule has 0 saturated heterocycles. The average molecular weight is 309 g/mol. The van der Waals surface area contributed by atoms with E-state index in [4.69, 9.17) is 9.47 Å². The fourth-order valence-corrected chi connectivity index (χ4v) is 2.69. The van der Waals surface area contributed by atoms with E-state index >= 15 is 0 Å². The Kier molecular flexibility index (Phi) is 4.86. The molecule has 120 valence electrons. The predicted molar refractivity (Wildman–Crippen MR) is 94.4 cm³/mol. The Labute approximate surface area is 137 Å². The number of fused-ring (bicyclic) bond motifs is 1. The van der Waals surface area contributed by atoms with Gasteiger partial charge in [-0.2, -0.15) is 0 Å². The maximum atomic E-state index is 5.79. The summed E-state index contributed by atoms with van der Waals surface area (Å²) in [4.78, 5) is 0. The summed E-state index contributed by atoms with van der Waals surface area (Å²) in [5, 5.41) is 1.22. The Morgan fingerprint density at radius 2 is 1.70 bits per heavy atom. The molecule has 0 atom stereocenters. The average Bonchev–Trinajstić information content (AvgIpc) is 2.96. The number of hydrogen-bond donors (Lipinski definition) is 0. The highest BCUT2D eigenvalue weighted by Gasteiger charge is 2.03. The summed E-state index contributed by atoms with van der Waals surface area (Å²) < 4.78 is 13.6. The lowest BCUT2D eigenvalue weighted by molar-refractivity contribution is 0.302. The normalized spacial score (nSPS) is 10.9. The lowest BCUT2D eigenvalue weighted by Crippen LogP contribution is -2.03. The van der Waals surface area contributed by atoms with Gasteiger partial charge >= 0.3 is 0 Å². The number of aromatic nitrogens is 1. The Morgan fingerprint density at radius 3 is 2.48 bits per heavy atom. The van der Waals surface area contributed by atoms with Gasteiger partial charge in [0.1, 0.15) is 11.5 Å². The molecule has 0 spiro atoms. The van der Waals surface area contributed by atoms with Gasteiger partial charge in [0.25, 0.3) is 0 Å². The van der Waals surface area contributed by atoms with Crippen LogP contribution >= 0.6 is 0 Å². The van der Waals surface area contributed by atoms with E-state index in [1.165, 1.54) is 16.5 Å². The van der Waals surface area contributed by atoms with Crippen molar-refractivity contribution in [2.45, 2.75) is 26.8 Å². The Bertz CT molecular complexity index is 759. The van der Waals surface area contributed by atoms with Crippen LogP contribution in [0.15, 0.2) is 54.7 Å². The minimum Gasteiger partial charge on any atom is -0.494 e. The first-order valence-electron chi connectivity index (χ1n) is 8.17. The first-order chi connectivity index (χ1) is 11.3. The van der Waals surface area contributed by atoms with Crippen molar-refractivity contribution in [2.75, 3.05) is 13.2 Å². The maximum absolute atomic E-state index is 5.79. The van der Waals surface area contributed by atoms with E-state index in [-0.39, 0.29) is 0 Å². The van der Waals surface area contributed by atoms with Gasteiger partial charge in [-0.1, -0.05) is 17.7 Å². The van der Waals surface area contributed by atoms with E-state index in [2.05, 4.69) is 48.0 Å². The minimum absolute atomic E-state index is 0.697. The minimum atomic E-state index is 0.697. The molecule has 1 heterocycles. The van der Waals surface area contributed by atoms with Crippen LogP contribution in [0.2, 0.25) is 0 Å². The molecule has 3 rings (SSSR count). The van der Waals surface area contributed by atoms with Crippen molar-refractivity contribution in [3.05, 3.63) is 60.3 Å². The smallest absolute Gasteiger partial charge is 0.120 e. The monoisotopic (exact) mass is 309 g/mol. The van der Waals surface area contributed by atoms with Crippen LogP contribution in [-0.4, -0.2) is 17.8 Å². The van der Waals surface area contributed by atoms with Gasteiger partial charge in [0.15, 0.2) is 0 Å². The third-order valence-electron chi connectivity index (χ3n) is 3.89. The van der Waals surface area contributed by atoms with Gasteiger partial charge < -0.3 is 14.0 Å². The van der Waals surface area contributed by atoms with E-state index < -0.39 is 0 Å². The first-order valence-corrected chi connectivity index (χ1v) is 8.17. The van der Waals surface area contributed by atoms with Gasteiger partial charge in [-0.3, -0.25) is 0 Å². The van der Waals surface area contributed by atoms with Gasteiger partial charge in [0, 0.05) is 23.6 Å². The number of rotatable bonds is 7. The SMILES string of the molecule is CCOc1ccc2c(ccn2CCCOc2ccc(C)cc2)c1. The molecular weight excluding hydrogens is 286 g/mol. The fraction of sp³-hybridized carbons (Fsp3) is 0.300. The van der Waals surface area contributed by atoms with Crippen LogP contribution < -0.4 is 9.47 Å². The largest absolute Gasteiger partial charge is 0.494 e. The number of benzene rings is 2. The summed E-state index contributed by atoms with van der Waals surface area (Å²) in [5.41, 5.74) is 2.49. The molecule has 0 N–H and O–H groups in total. The van der Waals surface area contributed by atoms with Crippen LogP contribution in [0.1, 0.15) is 18.9 Å². The molecule has 0 aliphatic heterocycles. The predicted octanol–water partition coefficient (Wildman–Crippen LogP) is 4.82. The lowest BCUT2D eigenvalue weighted by Gasteiger charge is -2.09. The molecule has 0 fully saturated rings. The van der Waals surface area contributed by atoms with Crippen LogP contribution in [0.4, 0.5) is 0 Å². The summed E-state index contributed by atoms with van der Waals surface area (Å²) in [7, 11) is 0. The third-order valence-corrected chi connectivity index (χ3v) is 3.89. The third kappa shape index (κ3) is 3.86. The molecule has 0 aliphatic carbocycles. The van der Waals surface area contributed by atoms with Crippen molar-refractivity contribution in [1.82, 2.24) is 4.57 Å². The second-order valence-corrected chi connectivity index (χ2v) is 5.68. The van der Waals surface area contributed by atoms with Gasteiger partial charge in [-0.15, -0.1) is 0 Å². The van der Waals surface area contributed by atoms with Gasteiger partial charge in [-0.05, 0) is 56.7 Å². The van der Waals surface area contributed by atoms with Crippen LogP contribution in [0, 0.1) is 6.92 Å². The molecule has 3 nitrogen and oxygen atoms in total. The van der Waals surface area contributed by atoms with E-state index in [0.717, 1.165) is 31.1 Å². The van der Waals surface area contributed by atoms with Crippen molar-refractivity contribution >= 4 is 10.9 Å². The van der Waals surface area contributed by atoms with E-state index in [9.17, 15) is 0 Å². The molecule has 23 heavy (non-hydrogen) atoms. The zero-order valence-corrected chi connectivity index (χ0v) is 13.8. The molecule has 0 aliphatic rings. The van der Waals surface area contributed by atoms with Gasteiger partial charge in [-0.25, -0.2) is 0 Å². The standard InChI is InChI=1S/C20H23NO2/c1-3-22-19-9-10-20-17(15-19)11-13-21(20)12-4-14-23-18-7-5-16(2)6-8-18/h5-11,13,15H,3-4,12,14H2,1-2H3. The van der Waals surface area contributed by atoms with Crippen molar-refractivity contribution in [3.8, 4) is 11.5 Å². The molecule has 2 aromatic carbocycles. The lowest BCUT2D eigenvalue weighted by atomic mass is 10.2. The van der Waals surface area contributed by atoms with Crippen LogP contribution in [0.3, 0.4) is 0 Å². The Balaban J connectivity index is 1.56. The van der Waals surface area contributed by atoms with E-state index in [1.807, 2.05) is 25.1 Å². The molecule has 3 aromatic rings. The zero-order valence-electron chi connectivity index (χ0n) is 13.8. The second-order valence-electron chi connectivity index (χ2n) is 5.68. The number of aryl methyl sites for hydroxylation is 2. The topological polar surface area (TPSA) is 23.4 Å². The van der Waals surface area contributed by atoms with Gasteiger partial charge in [0.05, 0.1) is 13.2 Å². The Hall–Kier alpha value is -2.42. The summed E-state index contributed by atoms with van der Waals surface area (Å²) in [6.45, 7) is 6.45. The summed E-state index contributed by atoms with van der Waals surface area (Å²) in [5.74, 6) is 1.87. The summed E-state index contributed by atoms with van der Waals surface area (Å²) in [6, 6.07) is 16.6. The van der Waals surface area contributed by atoms with Crippen LogP contribution in [0.5, 0.6) is 11.5 Å². The second kappa shape index (κ2) is 7.23. The van der Waals surface area contributed by atoms with Crippen LogP contribution in [-0.2, 0) is 6.54 Å². The molecule has 0 amide bonds. The molecular formula is C20H23NO2. The highest BCUT2D eigenvalue weighted by Crippen LogP contribution is 2.22. The number of nitrogens with zero attached hydrogens (tertiary/aromatic N) is 1. The number of hydrogen-bond acceptors (Lipinski definition) is 2.